The van der Waals surface area contributed by atoms with Crippen molar-refractivity contribution < 1.29 is 4.79 Å². The van der Waals surface area contributed by atoms with E-state index in [1.165, 1.54) is 36.8 Å². The van der Waals surface area contributed by atoms with Gasteiger partial charge in [-0.15, -0.1) is 0 Å². The van der Waals surface area contributed by atoms with E-state index in [2.05, 4.69) is 23.6 Å². The number of hydrogen-bond donors (Lipinski definition) is 2. The van der Waals surface area contributed by atoms with Crippen LogP contribution in [0.25, 0.3) is 0 Å². The third kappa shape index (κ3) is 3.29. The molecule has 0 radical (unpaired) electrons. The van der Waals surface area contributed by atoms with Gasteiger partial charge in [-0.25, -0.2) is 0 Å². The molecule has 3 heteroatoms. The number of carbonyl (C=O) groups excluding carboxylic acids is 1. The first-order valence-electron chi connectivity index (χ1n) is 8.35. The highest BCUT2D eigenvalue weighted by Crippen LogP contribution is 2.29. The van der Waals surface area contributed by atoms with Crippen LogP contribution in [0.5, 0.6) is 0 Å². The highest BCUT2D eigenvalue weighted by Gasteiger charge is 2.23. The lowest BCUT2D eigenvalue weighted by molar-refractivity contribution is 0.0935. The zero-order valence-corrected chi connectivity index (χ0v) is 13.0. The smallest absolute Gasteiger partial charge is 0.251 e. The van der Waals surface area contributed by atoms with E-state index in [0.29, 0.717) is 5.92 Å². The van der Waals surface area contributed by atoms with Crippen LogP contribution in [0.15, 0.2) is 18.2 Å². The van der Waals surface area contributed by atoms with E-state index in [4.69, 9.17) is 0 Å². The number of hydrogen-bond acceptors (Lipinski definition) is 2. The minimum Gasteiger partial charge on any atom is -0.352 e. The van der Waals surface area contributed by atoms with E-state index < -0.39 is 0 Å². The molecular formula is C18H26N2O. The van der Waals surface area contributed by atoms with Gasteiger partial charge in [0.1, 0.15) is 0 Å². The molecule has 114 valence electrons. The Bertz CT molecular complexity index is 512. The van der Waals surface area contributed by atoms with Crippen LogP contribution < -0.4 is 10.6 Å². The molecule has 1 aliphatic heterocycles. The molecule has 2 N–H and O–H groups in total. The lowest BCUT2D eigenvalue weighted by Gasteiger charge is -2.29. The lowest BCUT2D eigenvalue weighted by Crippen LogP contribution is -2.35. The minimum atomic E-state index is 0.117. The van der Waals surface area contributed by atoms with Gasteiger partial charge in [0, 0.05) is 18.7 Å². The third-order valence-electron chi connectivity index (χ3n) is 5.20. The zero-order chi connectivity index (χ0) is 14.7. The van der Waals surface area contributed by atoms with Crippen molar-refractivity contribution in [3.05, 3.63) is 34.9 Å². The molecule has 2 atom stereocenters. The molecule has 0 bridgehead atoms. The fourth-order valence-electron chi connectivity index (χ4n) is 3.76. The topological polar surface area (TPSA) is 41.1 Å². The van der Waals surface area contributed by atoms with Gasteiger partial charge >= 0.3 is 0 Å². The Morgan fingerprint density at radius 3 is 3.05 bits per heavy atom. The molecule has 1 heterocycles. The van der Waals surface area contributed by atoms with Crippen molar-refractivity contribution in [1.82, 2.24) is 10.6 Å². The fourth-order valence-corrected chi connectivity index (χ4v) is 3.76. The first-order chi connectivity index (χ1) is 10.3. The van der Waals surface area contributed by atoms with Gasteiger partial charge in [-0.1, -0.05) is 38.3 Å². The van der Waals surface area contributed by atoms with Crippen LogP contribution in [0.3, 0.4) is 0 Å². The highest BCUT2D eigenvalue weighted by molar-refractivity contribution is 5.96. The summed E-state index contributed by atoms with van der Waals surface area (Å²) in [6, 6.07) is 6.11. The average Bonchev–Trinajstić information content (AvgIpc) is 2.53. The third-order valence-corrected chi connectivity index (χ3v) is 5.20. The van der Waals surface area contributed by atoms with E-state index in [9.17, 15) is 4.79 Å². The van der Waals surface area contributed by atoms with Gasteiger partial charge < -0.3 is 10.6 Å². The molecule has 1 saturated carbocycles. The van der Waals surface area contributed by atoms with Crippen molar-refractivity contribution in [2.24, 2.45) is 11.8 Å². The van der Waals surface area contributed by atoms with Gasteiger partial charge in [0.05, 0.1) is 0 Å². The second-order valence-electron chi connectivity index (χ2n) is 6.60. The van der Waals surface area contributed by atoms with Gasteiger partial charge in [0.2, 0.25) is 0 Å². The Morgan fingerprint density at radius 2 is 2.19 bits per heavy atom. The van der Waals surface area contributed by atoms with Gasteiger partial charge in [-0.2, -0.15) is 0 Å². The SMILES string of the molecule is CC1CCCCC1CNC(=O)c1cccc2c1CCNC2. The largest absolute Gasteiger partial charge is 0.352 e. The molecule has 1 aliphatic carbocycles. The second kappa shape index (κ2) is 6.61. The van der Waals surface area contributed by atoms with Crippen molar-refractivity contribution in [3.63, 3.8) is 0 Å². The van der Waals surface area contributed by atoms with Crippen molar-refractivity contribution in [1.29, 1.82) is 0 Å². The van der Waals surface area contributed by atoms with E-state index in [1.807, 2.05) is 12.1 Å². The fraction of sp³-hybridized carbons (Fsp3) is 0.611. The van der Waals surface area contributed by atoms with Crippen LogP contribution >= 0.6 is 0 Å². The van der Waals surface area contributed by atoms with Crippen LogP contribution in [-0.2, 0) is 13.0 Å². The summed E-state index contributed by atoms with van der Waals surface area (Å²) in [5.41, 5.74) is 3.41. The number of rotatable bonds is 3. The molecule has 3 rings (SSSR count). The molecule has 2 aliphatic rings. The van der Waals surface area contributed by atoms with E-state index in [-0.39, 0.29) is 5.91 Å². The summed E-state index contributed by atoms with van der Waals surface area (Å²) in [5.74, 6) is 1.52. The molecule has 21 heavy (non-hydrogen) atoms. The standard InChI is InChI=1S/C18H26N2O/c1-13-5-2-3-6-14(13)12-20-18(21)17-8-4-7-15-11-19-10-9-16(15)17/h4,7-8,13-14,19H,2-3,5-6,9-12H2,1H3,(H,20,21). The Labute approximate surface area is 127 Å². The lowest BCUT2D eigenvalue weighted by atomic mass is 9.80. The minimum absolute atomic E-state index is 0.117. The van der Waals surface area contributed by atoms with Gasteiger partial charge in [0.15, 0.2) is 0 Å². The molecule has 1 fully saturated rings. The normalized spacial score (nSPS) is 25.2. The molecule has 2 unspecified atom stereocenters. The van der Waals surface area contributed by atoms with E-state index in [1.54, 1.807) is 0 Å². The Kier molecular flexibility index (Phi) is 4.59. The number of nitrogens with one attached hydrogen (secondary N) is 2. The summed E-state index contributed by atoms with van der Waals surface area (Å²) in [6.07, 6.45) is 6.20. The molecule has 3 nitrogen and oxygen atoms in total. The Hall–Kier alpha value is -1.35. The molecule has 0 aromatic heterocycles. The summed E-state index contributed by atoms with van der Waals surface area (Å²) >= 11 is 0. The monoisotopic (exact) mass is 286 g/mol. The summed E-state index contributed by atoms with van der Waals surface area (Å²) in [6.45, 7) is 5.01. The summed E-state index contributed by atoms with van der Waals surface area (Å²) in [4.78, 5) is 12.5. The highest BCUT2D eigenvalue weighted by atomic mass is 16.1. The van der Waals surface area contributed by atoms with E-state index in [0.717, 1.165) is 37.5 Å². The van der Waals surface area contributed by atoms with Crippen molar-refractivity contribution >= 4 is 5.91 Å². The van der Waals surface area contributed by atoms with E-state index >= 15 is 0 Å². The molecule has 0 spiro atoms. The Morgan fingerprint density at radius 1 is 1.33 bits per heavy atom. The average molecular weight is 286 g/mol. The van der Waals surface area contributed by atoms with Crippen molar-refractivity contribution in [2.75, 3.05) is 13.1 Å². The number of carbonyl (C=O) groups is 1. The number of benzene rings is 1. The van der Waals surface area contributed by atoms with Crippen LogP contribution in [0, 0.1) is 11.8 Å². The summed E-state index contributed by atoms with van der Waals surface area (Å²) in [5, 5.41) is 6.55. The Balaban J connectivity index is 1.65. The second-order valence-corrected chi connectivity index (χ2v) is 6.60. The maximum absolute atomic E-state index is 12.5. The van der Waals surface area contributed by atoms with Crippen LogP contribution in [0.1, 0.15) is 54.1 Å². The summed E-state index contributed by atoms with van der Waals surface area (Å²) in [7, 11) is 0. The maximum atomic E-state index is 12.5. The molecule has 1 aromatic rings. The number of fused-ring (bicyclic) bond motifs is 1. The molecular weight excluding hydrogens is 260 g/mol. The van der Waals surface area contributed by atoms with Crippen LogP contribution in [0.4, 0.5) is 0 Å². The predicted molar refractivity (Wildman–Crippen MR) is 85.3 cm³/mol. The zero-order valence-electron chi connectivity index (χ0n) is 13.0. The quantitative estimate of drug-likeness (QED) is 0.897. The first-order valence-corrected chi connectivity index (χ1v) is 8.35. The maximum Gasteiger partial charge on any atom is 0.251 e. The van der Waals surface area contributed by atoms with Gasteiger partial charge in [-0.05, 0) is 48.4 Å². The van der Waals surface area contributed by atoms with Crippen molar-refractivity contribution in [3.8, 4) is 0 Å². The predicted octanol–water partition coefficient (Wildman–Crippen LogP) is 2.89. The summed E-state index contributed by atoms with van der Waals surface area (Å²) < 4.78 is 0. The first kappa shape index (κ1) is 14.6. The van der Waals surface area contributed by atoms with Crippen molar-refractivity contribution in [2.45, 2.75) is 45.6 Å². The van der Waals surface area contributed by atoms with Gasteiger partial charge in [-0.3, -0.25) is 4.79 Å². The van der Waals surface area contributed by atoms with Gasteiger partial charge in [0.25, 0.3) is 5.91 Å². The molecule has 0 saturated heterocycles. The van der Waals surface area contributed by atoms with Crippen LogP contribution in [0.2, 0.25) is 0 Å². The number of amides is 1. The molecule has 1 amide bonds. The van der Waals surface area contributed by atoms with Crippen LogP contribution in [-0.4, -0.2) is 19.0 Å². The molecule has 1 aromatic carbocycles.